The Kier molecular flexibility index (Phi) is 3.87. The van der Waals surface area contributed by atoms with Gasteiger partial charge >= 0.3 is 5.97 Å². The Bertz CT molecular complexity index is 618. The summed E-state index contributed by atoms with van der Waals surface area (Å²) in [6, 6.07) is 9.30. The highest BCUT2D eigenvalue weighted by molar-refractivity contribution is 5.90. The van der Waals surface area contributed by atoms with E-state index in [1.165, 1.54) is 10.9 Å². The van der Waals surface area contributed by atoms with E-state index in [4.69, 9.17) is 9.47 Å². The number of hydrogen-bond acceptors (Lipinski definition) is 4. The molecule has 2 aromatic rings. The molecule has 110 valence electrons. The second kappa shape index (κ2) is 5.97. The minimum atomic E-state index is -1.06. The fraction of sp³-hybridized carbons (Fsp3) is 0.333. The van der Waals surface area contributed by atoms with Crippen LogP contribution in [0.3, 0.4) is 0 Å². The first-order valence-corrected chi connectivity index (χ1v) is 6.87. The van der Waals surface area contributed by atoms with Crippen LogP contribution in [0.2, 0.25) is 0 Å². The highest BCUT2D eigenvalue weighted by Crippen LogP contribution is 2.24. The molecule has 6 heteroatoms. The van der Waals surface area contributed by atoms with Gasteiger partial charge in [0.25, 0.3) is 0 Å². The van der Waals surface area contributed by atoms with Gasteiger partial charge in [-0.3, -0.25) is 0 Å². The lowest BCUT2D eigenvalue weighted by atomic mass is 10.2. The topological polar surface area (TPSA) is 73.6 Å². The minimum absolute atomic E-state index is 0.0192. The van der Waals surface area contributed by atoms with E-state index in [0.717, 1.165) is 25.1 Å². The maximum absolute atomic E-state index is 11.3. The molecule has 2 heterocycles. The SMILES string of the molecule is O=C(O)c1cnn(-c2ccccc2)c1OCC1CCCO1. The van der Waals surface area contributed by atoms with Gasteiger partial charge in [0.05, 0.1) is 18.0 Å². The number of aromatic nitrogens is 2. The summed E-state index contributed by atoms with van der Waals surface area (Å²) >= 11 is 0. The van der Waals surface area contributed by atoms with Crippen molar-refractivity contribution in [1.29, 1.82) is 0 Å². The van der Waals surface area contributed by atoms with E-state index in [9.17, 15) is 9.90 Å². The number of carbonyl (C=O) groups is 1. The summed E-state index contributed by atoms with van der Waals surface area (Å²) < 4.78 is 12.7. The Morgan fingerprint density at radius 2 is 2.24 bits per heavy atom. The molecule has 6 nitrogen and oxygen atoms in total. The van der Waals surface area contributed by atoms with Crippen LogP contribution in [-0.4, -0.2) is 40.2 Å². The normalized spacial score (nSPS) is 17.8. The lowest BCUT2D eigenvalue weighted by molar-refractivity contribution is 0.0612. The van der Waals surface area contributed by atoms with Gasteiger partial charge in [-0.05, 0) is 25.0 Å². The molecule has 1 fully saturated rings. The van der Waals surface area contributed by atoms with Crippen molar-refractivity contribution in [3.8, 4) is 11.6 Å². The molecule has 0 radical (unpaired) electrons. The maximum atomic E-state index is 11.3. The number of benzene rings is 1. The number of rotatable bonds is 5. The Morgan fingerprint density at radius 1 is 1.43 bits per heavy atom. The molecule has 0 spiro atoms. The molecule has 0 bridgehead atoms. The molecule has 0 saturated carbocycles. The molecule has 3 rings (SSSR count). The van der Waals surface area contributed by atoms with Gasteiger partial charge in [0.1, 0.15) is 12.2 Å². The van der Waals surface area contributed by atoms with Crippen LogP contribution in [0.25, 0.3) is 5.69 Å². The summed E-state index contributed by atoms with van der Waals surface area (Å²) in [6.45, 7) is 1.07. The van der Waals surface area contributed by atoms with Crippen molar-refractivity contribution in [3.05, 3.63) is 42.1 Å². The van der Waals surface area contributed by atoms with Gasteiger partial charge in [0, 0.05) is 6.61 Å². The fourth-order valence-electron chi connectivity index (χ4n) is 2.32. The lowest BCUT2D eigenvalue weighted by Gasteiger charge is -2.13. The minimum Gasteiger partial charge on any atom is -0.477 e. The summed E-state index contributed by atoms with van der Waals surface area (Å²) in [7, 11) is 0. The molecule has 1 saturated heterocycles. The Hall–Kier alpha value is -2.34. The average Bonchev–Trinajstić information content (AvgIpc) is 3.15. The van der Waals surface area contributed by atoms with Crippen LogP contribution < -0.4 is 4.74 Å². The third-order valence-corrected chi connectivity index (χ3v) is 3.39. The van der Waals surface area contributed by atoms with Crippen molar-refractivity contribution >= 4 is 5.97 Å². The first-order chi connectivity index (χ1) is 10.3. The summed E-state index contributed by atoms with van der Waals surface area (Å²) in [5.41, 5.74) is 0.809. The van der Waals surface area contributed by atoms with Gasteiger partial charge in [-0.2, -0.15) is 5.10 Å². The number of carboxylic acids is 1. The third kappa shape index (κ3) is 2.90. The number of nitrogens with zero attached hydrogens (tertiary/aromatic N) is 2. The average molecular weight is 288 g/mol. The fourth-order valence-corrected chi connectivity index (χ4v) is 2.32. The van der Waals surface area contributed by atoms with Crippen molar-refractivity contribution < 1.29 is 19.4 Å². The van der Waals surface area contributed by atoms with Gasteiger partial charge in [-0.1, -0.05) is 18.2 Å². The Labute approximate surface area is 121 Å². The van der Waals surface area contributed by atoms with Gasteiger partial charge in [0.15, 0.2) is 0 Å². The zero-order valence-corrected chi connectivity index (χ0v) is 11.4. The van der Waals surface area contributed by atoms with Crippen molar-refractivity contribution in [3.63, 3.8) is 0 Å². The summed E-state index contributed by atoms with van der Waals surface area (Å²) in [4.78, 5) is 11.3. The van der Waals surface area contributed by atoms with E-state index < -0.39 is 5.97 Å². The smallest absolute Gasteiger partial charge is 0.342 e. The number of hydrogen-bond donors (Lipinski definition) is 1. The Morgan fingerprint density at radius 3 is 2.90 bits per heavy atom. The highest BCUT2D eigenvalue weighted by atomic mass is 16.5. The molecule has 1 N–H and O–H groups in total. The monoisotopic (exact) mass is 288 g/mol. The lowest BCUT2D eigenvalue weighted by Crippen LogP contribution is -2.18. The van der Waals surface area contributed by atoms with E-state index in [1.807, 2.05) is 30.3 Å². The van der Waals surface area contributed by atoms with Crippen LogP contribution in [0.4, 0.5) is 0 Å². The van der Waals surface area contributed by atoms with Gasteiger partial charge in [0.2, 0.25) is 5.88 Å². The van der Waals surface area contributed by atoms with Crippen molar-refractivity contribution in [1.82, 2.24) is 9.78 Å². The number of carboxylic acid groups (broad SMARTS) is 1. The molecule has 1 aliphatic heterocycles. The highest BCUT2D eigenvalue weighted by Gasteiger charge is 2.22. The van der Waals surface area contributed by atoms with E-state index in [-0.39, 0.29) is 17.5 Å². The number of para-hydroxylation sites is 1. The number of aromatic carboxylic acids is 1. The predicted molar refractivity (Wildman–Crippen MR) is 75.0 cm³/mol. The van der Waals surface area contributed by atoms with Crippen molar-refractivity contribution in [2.75, 3.05) is 13.2 Å². The first-order valence-electron chi connectivity index (χ1n) is 6.87. The maximum Gasteiger partial charge on any atom is 0.342 e. The van der Waals surface area contributed by atoms with Crippen LogP contribution in [-0.2, 0) is 4.74 Å². The summed E-state index contributed by atoms with van der Waals surface area (Å²) in [5.74, 6) is -0.816. The standard InChI is InChI=1S/C15H16N2O4/c18-15(19)13-9-16-17(11-5-2-1-3-6-11)14(13)21-10-12-7-4-8-20-12/h1-3,5-6,9,12H,4,7-8,10H2,(H,18,19). The van der Waals surface area contributed by atoms with Crippen molar-refractivity contribution in [2.24, 2.45) is 0 Å². The molecule has 0 amide bonds. The third-order valence-electron chi connectivity index (χ3n) is 3.39. The second-order valence-electron chi connectivity index (χ2n) is 4.86. The predicted octanol–water partition coefficient (Wildman–Crippen LogP) is 2.13. The quantitative estimate of drug-likeness (QED) is 0.912. The van der Waals surface area contributed by atoms with E-state index in [0.29, 0.717) is 6.61 Å². The van der Waals surface area contributed by atoms with E-state index in [1.54, 1.807) is 0 Å². The molecule has 21 heavy (non-hydrogen) atoms. The molecule has 1 aromatic heterocycles. The van der Waals surface area contributed by atoms with Crippen LogP contribution in [0.1, 0.15) is 23.2 Å². The van der Waals surface area contributed by atoms with Crippen molar-refractivity contribution in [2.45, 2.75) is 18.9 Å². The Balaban J connectivity index is 1.87. The molecule has 1 aliphatic rings. The molecule has 1 aromatic carbocycles. The van der Waals surface area contributed by atoms with Gasteiger partial charge in [-0.25, -0.2) is 9.48 Å². The summed E-state index contributed by atoms with van der Waals surface area (Å²) in [5, 5.41) is 13.4. The molecular formula is C15H16N2O4. The zero-order chi connectivity index (χ0) is 14.7. The first kappa shape index (κ1) is 13.6. The second-order valence-corrected chi connectivity index (χ2v) is 4.86. The van der Waals surface area contributed by atoms with E-state index in [2.05, 4.69) is 5.10 Å². The largest absolute Gasteiger partial charge is 0.477 e. The number of ether oxygens (including phenoxy) is 2. The van der Waals surface area contributed by atoms with Gasteiger partial charge in [-0.15, -0.1) is 0 Å². The van der Waals surface area contributed by atoms with Crippen LogP contribution in [0, 0.1) is 0 Å². The molecular weight excluding hydrogens is 272 g/mol. The summed E-state index contributed by atoms with van der Waals surface area (Å²) in [6.07, 6.45) is 3.27. The van der Waals surface area contributed by atoms with Crippen LogP contribution in [0.15, 0.2) is 36.5 Å². The van der Waals surface area contributed by atoms with Crippen LogP contribution in [0.5, 0.6) is 5.88 Å². The van der Waals surface area contributed by atoms with Crippen LogP contribution >= 0.6 is 0 Å². The van der Waals surface area contributed by atoms with E-state index >= 15 is 0 Å². The van der Waals surface area contributed by atoms with Gasteiger partial charge < -0.3 is 14.6 Å². The molecule has 1 atom stereocenters. The zero-order valence-electron chi connectivity index (χ0n) is 11.4. The molecule has 1 unspecified atom stereocenters. The molecule has 0 aliphatic carbocycles.